The zero-order valence-electron chi connectivity index (χ0n) is 11.1. The van der Waals surface area contributed by atoms with Gasteiger partial charge >= 0.3 is 0 Å². The van der Waals surface area contributed by atoms with Crippen molar-refractivity contribution in [3.05, 3.63) is 0 Å². The fourth-order valence-electron chi connectivity index (χ4n) is 1.30. The summed E-state index contributed by atoms with van der Waals surface area (Å²) in [6, 6.07) is 1.78. The van der Waals surface area contributed by atoms with Crippen LogP contribution in [0.4, 0.5) is 0 Å². The van der Waals surface area contributed by atoms with Crippen LogP contribution in [0.5, 0.6) is 0 Å². The molecule has 0 heterocycles. The van der Waals surface area contributed by atoms with Crippen LogP contribution in [0.3, 0.4) is 0 Å². The van der Waals surface area contributed by atoms with E-state index in [1.807, 2.05) is 6.92 Å². The Labute approximate surface area is 99.2 Å². The second kappa shape index (κ2) is 6.52. The third-order valence-corrected chi connectivity index (χ3v) is 3.04. The Balaban J connectivity index is 4.13. The molecule has 16 heavy (non-hydrogen) atoms. The molecule has 0 saturated heterocycles. The number of nitrogens with zero attached hydrogens (tertiary/aromatic N) is 1. The van der Waals surface area contributed by atoms with Crippen molar-refractivity contribution in [2.75, 3.05) is 0 Å². The standard InChI is InChI=1S/C13H24N2O/c1-6-7-11(9-14)15-12(16)8-10(2)13(3,4)5/h10-11H,6-8H2,1-5H3,(H,15,16). The van der Waals surface area contributed by atoms with Crippen molar-refractivity contribution in [2.24, 2.45) is 11.3 Å². The molecule has 0 aromatic rings. The maximum atomic E-state index is 11.7. The number of rotatable bonds is 5. The highest BCUT2D eigenvalue weighted by Crippen LogP contribution is 2.27. The zero-order valence-corrected chi connectivity index (χ0v) is 11.1. The fraction of sp³-hybridized carbons (Fsp3) is 0.846. The first-order valence-corrected chi connectivity index (χ1v) is 6.00. The lowest BCUT2D eigenvalue weighted by atomic mass is 9.80. The van der Waals surface area contributed by atoms with Gasteiger partial charge in [-0.2, -0.15) is 5.26 Å². The van der Waals surface area contributed by atoms with Gasteiger partial charge in [-0.25, -0.2) is 0 Å². The minimum Gasteiger partial charge on any atom is -0.340 e. The smallest absolute Gasteiger partial charge is 0.221 e. The molecule has 0 spiro atoms. The SMILES string of the molecule is CCCC(C#N)NC(=O)CC(C)C(C)(C)C. The Bertz CT molecular complexity index is 260. The minimum atomic E-state index is -0.329. The van der Waals surface area contributed by atoms with Crippen LogP contribution in [0, 0.1) is 22.7 Å². The van der Waals surface area contributed by atoms with Crippen molar-refractivity contribution in [1.82, 2.24) is 5.32 Å². The van der Waals surface area contributed by atoms with Gasteiger partial charge in [0.1, 0.15) is 6.04 Å². The highest BCUT2D eigenvalue weighted by Gasteiger charge is 2.23. The predicted octanol–water partition coefficient (Wildman–Crippen LogP) is 2.87. The number of carbonyl (C=O) groups is 1. The van der Waals surface area contributed by atoms with Gasteiger partial charge in [-0.15, -0.1) is 0 Å². The normalized spacial score (nSPS) is 15.0. The topological polar surface area (TPSA) is 52.9 Å². The van der Waals surface area contributed by atoms with E-state index in [9.17, 15) is 4.79 Å². The summed E-state index contributed by atoms with van der Waals surface area (Å²) in [4.78, 5) is 11.7. The minimum absolute atomic E-state index is 0.0116. The van der Waals surface area contributed by atoms with Crippen molar-refractivity contribution >= 4 is 5.91 Å². The molecular weight excluding hydrogens is 200 g/mol. The van der Waals surface area contributed by atoms with Gasteiger partial charge in [0.05, 0.1) is 6.07 Å². The predicted molar refractivity (Wildman–Crippen MR) is 65.7 cm³/mol. The van der Waals surface area contributed by atoms with E-state index in [4.69, 9.17) is 5.26 Å². The molecule has 3 nitrogen and oxygen atoms in total. The second-order valence-electron chi connectivity index (χ2n) is 5.51. The summed E-state index contributed by atoms with van der Waals surface area (Å²) in [6.07, 6.45) is 2.13. The average Bonchev–Trinajstić information content (AvgIpc) is 2.15. The number of carbonyl (C=O) groups excluding carboxylic acids is 1. The van der Waals surface area contributed by atoms with Crippen molar-refractivity contribution in [3.63, 3.8) is 0 Å². The lowest BCUT2D eigenvalue weighted by Crippen LogP contribution is -2.36. The molecule has 3 heteroatoms. The van der Waals surface area contributed by atoms with E-state index in [0.29, 0.717) is 12.3 Å². The van der Waals surface area contributed by atoms with E-state index >= 15 is 0 Å². The lowest BCUT2D eigenvalue weighted by Gasteiger charge is -2.27. The van der Waals surface area contributed by atoms with E-state index in [1.54, 1.807) is 0 Å². The van der Waals surface area contributed by atoms with E-state index in [0.717, 1.165) is 12.8 Å². The second-order valence-corrected chi connectivity index (χ2v) is 5.51. The largest absolute Gasteiger partial charge is 0.340 e. The molecule has 0 aliphatic carbocycles. The molecule has 0 rings (SSSR count). The van der Waals surface area contributed by atoms with Crippen LogP contribution < -0.4 is 5.32 Å². The van der Waals surface area contributed by atoms with E-state index in [-0.39, 0.29) is 17.4 Å². The number of hydrogen-bond acceptors (Lipinski definition) is 2. The molecule has 0 aromatic carbocycles. The molecule has 0 fully saturated rings. The lowest BCUT2D eigenvalue weighted by molar-refractivity contribution is -0.123. The Hall–Kier alpha value is -1.04. The molecule has 2 unspecified atom stereocenters. The van der Waals surface area contributed by atoms with Crippen molar-refractivity contribution < 1.29 is 4.79 Å². The Kier molecular flexibility index (Phi) is 6.10. The van der Waals surface area contributed by atoms with E-state index in [1.165, 1.54) is 0 Å². The molecule has 0 aliphatic heterocycles. The fourth-order valence-corrected chi connectivity index (χ4v) is 1.30. The molecule has 0 aliphatic rings. The van der Waals surface area contributed by atoms with E-state index < -0.39 is 0 Å². The van der Waals surface area contributed by atoms with Crippen LogP contribution in [-0.2, 0) is 4.79 Å². The van der Waals surface area contributed by atoms with Crippen molar-refractivity contribution in [1.29, 1.82) is 5.26 Å². The van der Waals surface area contributed by atoms with Gasteiger partial charge in [-0.05, 0) is 17.8 Å². The van der Waals surface area contributed by atoms with Gasteiger partial charge in [0.25, 0.3) is 0 Å². The molecular formula is C13H24N2O. The average molecular weight is 224 g/mol. The number of hydrogen-bond donors (Lipinski definition) is 1. The Morgan fingerprint density at radius 1 is 1.44 bits per heavy atom. The summed E-state index contributed by atoms with van der Waals surface area (Å²) in [5.41, 5.74) is 0.129. The van der Waals surface area contributed by atoms with Crippen LogP contribution >= 0.6 is 0 Å². The number of amides is 1. The van der Waals surface area contributed by atoms with Crippen molar-refractivity contribution in [3.8, 4) is 6.07 Å². The van der Waals surface area contributed by atoms with E-state index in [2.05, 4.69) is 39.1 Å². The van der Waals surface area contributed by atoms with Gasteiger partial charge in [0.2, 0.25) is 5.91 Å². The van der Waals surface area contributed by atoms with Gasteiger partial charge in [-0.1, -0.05) is 41.0 Å². The molecule has 0 radical (unpaired) electrons. The first kappa shape index (κ1) is 15.0. The summed E-state index contributed by atoms with van der Waals surface area (Å²) in [5, 5.41) is 11.6. The zero-order chi connectivity index (χ0) is 12.8. The summed E-state index contributed by atoms with van der Waals surface area (Å²) in [7, 11) is 0. The van der Waals surface area contributed by atoms with Gasteiger partial charge < -0.3 is 5.32 Å². The summed E-state index contributed by atoms with van der Waals surface area (Å²) >= 11 is 0. The molecule has 92 valence electrons. The van der Waals surface area contributed by atoms with Crippen LogP contribution in [0.1, 0.15) is 53.9 Å². The first-order valence-electron chi connectivity index (χ1n) is 6.00. The van der Waals surface area contributed by atoms with Crippen molar-refractivity contribution in [2.45, 2.75) is 59.9 Å². The third-order valence-electron chi connectivity index (χ3n) is 3.04. The number of nitriles is 1. The molecule has 2 atom stereocenters. The molecule has 0 aromatic heterocycles. The highest BCUT2D eigenvalue weighted by atomic mass is 16.1. The Morgan fingerprint density at radius 3 is 2.38 bits per heavy atom. The van der Waals surface area contributed by atoms with Gasteiger partial charge in [0, 0.05) is 6.42 Å². The van der Waals surface area contributed by atoms with Gasteiger partial charge in [-0.3, -0.25) is 4.79 Å². The number of nitrogens with one attached hydrogen (secondary N) is 1. The highest BCUT2D eigenvalue weighted by molar-refractivity contribution is 5.76. The third kappa shape index (κ3) is 5.75. The maximum Gasteiger partial charge on any atom is 0.221 e. The van der Waals surface area contributed by atoms with Crippen LogP contribution in [0.25, 0.3) is 0 Å². The summed E-state index contributed by atoms with van der Waals surface area (Å²) < 4.78 is 0. The van der Waals surface area contributed by atoms with Crippen LogP contribution in [-0.4, -0.2) is 11.9 Å². The molecule has 0 bridgehead atoms. The van der Waals surface area contributed by atoms with Crippen LogP contribution in [0.2, 0.25) is 0 Å². The summed E-state index contributed by atoms with van der Waals surface area (Å²) in [6.45, 7) is 10.4. The molecule has 1 N–H and O–H groups in total. The first-order chi connectivity index (χ1) is 7.31. The molecule has 0 saturated carbocycles. The Morgan fingerprint density at radius 2 is 2.00 bits per heavy atom. The quantitative estimate of drug-likeness (QED) is 0.780. The monoisotopic (exact) mass is 224 g/mol. The van der Waals surface area contributed by atoms with Crippen LogP contribution in [0.15, 0.2) is 0 Å². The van der Waals surface area contributed by atoms with Gasteiger partial charge in [0.15, 0.2) is 0 Å². The molecule has 1 amide bonds. The maximum absolute atomic E-state index is 11.7. The summed E-state index contributed by atoms with van der Waals surface area (Å²) in [5.74, 6) is 0.302.